The molecule has 2 rings (SSSR count). The van der Waals surface area contributed by atoms with E-state index < -0.39 is 0 Å². The molecule has 0 radical (unpaired) electrons. The van der Waals surface area contributed by atoms with Crippen molar-refractivity contribution in [3.8, 4) is 0 Å². The molecule has 0 N–H and O–H groups in total. The molecule has 1 aromatic heterocycles. The summed E-state index contributed by atoms with van der Waals surface area (Å²) >= 11 is 5.64. The summed E-state index contributed by atoms with van der Waals surface area (Å²) < 4.78 is 10.1. The average molecular weight is 240 g/mol. The summed E-state index contributed by atoms with van der Waals surface area (Å²) in [7, 11) is 1.35. The molecular weight excluding hydrogens is 230 g/mol. The van der Waals surface area contributed by atoms with Gasteiger partial charge in [-0.15, -0.1) is 11.6 Å². The molecule has 0 spiro atoms. The minimum Gasteiger partial charge on any atom is -0.469 e. The lowest BCUT2D eigenvalue weighted by Gasteiger charge is -1.99. The quantitative estimate of drug-likeness (QED) is 0.609. The Bertz CT molecular complexity index is 521. The van der Waals surface area contributed by atoms with Crippen LogP contribution in [0.3, 0.4) is 0 Å². The van der Waals surface area contributed by atoms with Gasteiger partial charge in [0.15, 0.2) is 5.58 Å². The van der Waals surface area contributed by atoms with Crippen LogP contribution in [0.1, 0.15) is 11.5 Å². The van der Waals surface area contributed by atoms with Crippen LogP contribution >= 0.6 is 11.6 Å². The summed E-state index contributed by atoms with van der Waals surface area (Å²) in [6.07, 6.45) is 0.171. The Hall–Kier alpha value is -1.55. The fraction of sp³-hybridized carbons (Fsp3) is 0.273. The molecule has 0 aliphatic carbocycles. The Morgan fingerprint density at radius 1 is 1.56 bits per heavy atom. The first-order valence-corrected chi connectivity index (χ1v) is 5.28. The lowest BCUT2D eigenvalue weighted by molar-refractivity contribution is -0.139. The van der Waals surface area contributed by atoms with Crippen molar-refractivity contribution >= 4 is 28.7 Å². The van der Waals surface area contributed by atoms with Crippen LogP contribution in [-0.2, 0) is 21.8 Å². The predicted octanol–water partition coefficient (Wildman–Crippen LogP) is 2.28. The van der Waals surface area contributed by atoms with Crippen molar-refractivity contribution in [2.24, 2.45) is 0 Å². The summed E-state index contributed by atoms with van der Waals surface area (Å²) in [5.74, 6) is 0.358. The zero-order chi connectivity index (χ0) is 11.5. The lowest BCUT2D eigenvalue weighted by Crippen LogP contribution is -2.04. The number of esters is 1. The summed E-state index contributed by atoms with van der Waals surface area (Å²) in [5.41, 5.74) is 2.06. The van der Waals surface area contributed by atoms with E-state index in [0.29, 0.717) is 17.0 Å². The van der Waals surface area contributed by atoms with E-state index >= 15 is 0 Å². The summed E-state index contributed by atoms with van der Waals surface area (Å²) in [6.45, 7) is 0. The second-order valence-corrected chi connectivity index (χ2v) is 3.53. The molecular formula is C11H10ClNO3. The van der Waals surface area contributed by atoms with Gasteiger partial charge in [-0.05, 0) is 6.07 Å². The standard InChI is InChI=1S/C11H10ClNO3/c1-15-10(14)5-7-3-2-4-8-11(7)16-9(6-12)13-8/h2-4H,5-6H2,1H3. The fourth-order valence-electron chi connectivity index (χ4n) is 1.48. The Kier molecular flexibility index (Phi) is 3.10. The number of para-hydroxylation sites is 1. The maximum absolute atomic E-state index is 11.2. The van der Waals surface area contributed by atoms with Crippen LogP contribution in [0.2, 0.25) is 0 Å². The number of fused-ring (bicyclic) bond motifs is 1. The summed E-state index contributed by atoms with van der Waals surface area (Å²) in [4.78, 5) is 15.4. The van der Waals surface area contributed by atoms with Crippen molar-refractivity contribution in [1.82, 2.24) is 4.98 Å². The van der Waals surface area contributed by atoms with Crippen LogP contribution in [0.4, 0.5) is 0 Å². The fourth-order valence-corrected chi connectivity index (χ4v) is 1.59. The van der Waals surface area contributed by atoms with E-state index in [1.807, 2.05) is 18.2 Å². The highest BCUT2D eigenvalue weighted by molar-refractivity contribution is 6.16. The SMILES string of the molecule is COC(=O)Cc1cccc2nc(CCl)oc12. The number of hydrogen-bond acceptors (Lipinski definition) is 4. The molecule has 0 aliphatic rings. The molecule has 16 heavy (non-hydrogen) atoms. The van der Waals surface area contributed by atoms with Crippen LogP contribution in [-0.4, -0.2) is 18.1 Å². The van der Waals surface area contributed by atoms with Gasteiger partial charge in [0.05, 0.1) is 19.4 Å². The van der Waals surface area contributed by atoms with Crippen LogP contribution < -0.4 is 0 Å². The number of carbonyl (C=O) groups is 1. The number of carbonyl (C=O) groups excluding carboxylic acids is 1. The molecule has 0 unspecified atom stereocenters. The van der Waals surface area contributed by atoms with Gasteiger partial charge >= 0.3 is 5.97 Å². The summed E-state index contributed by atoms with van der Waals surface area (Å²) in [6, 6.07) is 5.44. The van der Waals surface area contributed by atoms with Gasteiger partial charge in [-0.2, -0.15) is 0 Å². The molecule has 0 bridgehead atoms. The number of aromatic nitrogens is 1. The molecule has 0 aliphatic heterocycles. The van der Waals surface area contributed by atoms with Crippen molar-refractivity contribution in [1.29, 1.82) is 0 Å². The smallest absolute Gasteiger partial charge is 0.310 e. The van der Waals surface area contributed by atoms with Gasteiger partial charge in [-0.25, -0.2) is 4.98 Å². The van der Waals surface area contributed by atoms with E-state index in [1.165, 1.54) is 7.11 Å². The number of halogens is 1. The van der Waals surface area contributed by atoms with E-state index in [1.54, 1.807) is 0 Å². The van der Waals surface area contributed by atoms with E-state index in [9.17, 15) is 4.79 Å². The molecule has 0 fully saturated rings. The number of benzene rings is 1. The van der Waals surface area contributed by atoms with Gasteiger partial charge in [0.2, 0.25) is 5.89 Å². The third kappa shape index (κ3) is 2.02. The number of oxazole rings is 1. The molecule has 1 heterocycles. The molecule has 0 saturated heterocycles. The molecule has 1 aromatic carbocycles. The molecule has 0 amide bonds. The normalized spacial score (nSPS) is 10.6. The van der Waals surface area contributed by atoms with Crippen molar-refractivity contribution < 1.29 is 13.9 Å². The van der Waals surface area contributed by atoms with E-state index in [0.717, 1.165) is 5.56 Å². The number of hydrogen-bond donors (Lipinski definition) is 0. The molecule has 2 aromatic rings. The van der Waals surface area contributed by atoms with Crippen LogP contribution in [0.25, 0.3) is 11.1 Å². The van der Waals surface area contributed by atoms with Gasteiger partial charge < -0.3 is 9.15 Å². The van der Waals surface area contributed by atoms with E-state index in [-0.39, 0.29) is 18.3 Å². The van der Waals surface area contributed by atoms with E-state index in [4.69, 9.17) is 16.0 Å². The number of methoxy groups -OCH3 is 1. The first-order valence-electron chi connectivity index (χ1n) is 4.74. The van der Waals surface area contributed by atoms with Gasteiger partial charge in [-0.1, -0.05) is 12.1 Å². The lowest BCUT2D eigenvalue weighted by atomic mass is 10.1. The Balaban J connectivity index is 2.44. The second-order valence-electron chi connectivity index (χ2n) is 3.26. The zero-order valence-electron chi connectivity index (χ0n) is 8.70. The molecule has 5 heteroatoms. The summed E-state index contributed by atoms with van der Waals surface area (Å²) in [5, 5.41) is 0. The third-order valence-corrected chi connectivity index (χ3v) is 2.45. The number of alkyl halides is 1. The maximum atomic E-state index is 11.2. The van der Waals surface area contributed by atoms with Gasteiger partial charge in [0.25, 0.3) is 0 Å². The maximum Gasteiger partial charge on any atom is 0.310 e. The molecule has 4 nitrogen and oxygen atoms in total. The monoisotopic (exact) mass is 239 g/mol. The second kappa shape index (κ2) is 4.53. The molecule has 0 atom stereocenters. The van der Waals surface area contributed by atoms with Gasteiger partial charge in [0.1, 0.15) is 5.52 Å². The topological polar surface area (TPSA) is 52.3 Å². The van der Waals surface area contributed by atoms with Crippen molar-refractivity contribution in [2.45, 2.75) is 12.3 Å². The Morgan fingerprint density at radius 3 is 3.06 bits per heavy atom. The van der Waals surface area contributed by atoms with Gasteiger partial charge in [0, 0.05) is 5.56 Å². The highest BCUT2D eigenvalue weighted by Crippen LogP contribution is 2.21. The Morgan fingerprint density at radius 2 is 2.38 bits per heavy atom. The predicted molar refractivity (Wildman–Crippen MR) is 59.3 cm³/mol. The third-order valence-electron chi connectivity index (χ3n) is 2.22. The van der Waals surface area contributed by atoms with Crippen molar-refractivity contribution in [2.75, 3.05) is 7.11 Å². The van der Waals surface area contributed by atoms with Crippen LogP contribution in [0.5, 0.6) is 0 Å². The van der Waals surface area contributed by atoms with Crippen LogP contribution in [0.15, 0.2) is 22.6 Å². The number of nitrogens with zero attached hydrogens (tertiary/aromatic N) is 1. The largest absolute Gasteiger partial charge is 0.469 e. The van der Waals surface area contributed by atoms with Crippen molar-refractivity contribution in [3.63, 3.8) is 0 Å². The highest BCUT2D eigenvalue weighted by Gasteiger charge is 2.12. The number of rotatable bonds is 3. The van der Waals surface area contributed by atoms with Crippen molar-refractivity contribution in [3.05, 3.63) is 29.7 Å². The zero-order valence-corrected chi connectivity index (χ0v) is 9.45. The van der Waals surface area contributed by atoms with Crippen LogP contribution in [0, 0.1) is 0 Å². The van der Waals surface area contributed by atoms with Gasteiger partial charge in [-0.3, -0.25) is 4.79 Å². The molecule has 84 valence electrons. The minimum atomic E-state index is -0.309. The highest BCUT2D eigenvalue weighted by atomic mass is 35.5. The average Bonchev–Trinajstić information content (AvgIpc) is 2.73. The Labute approximate surface area is 97.2 Å². The first kappa shape index (κ1) is 11.0. The van der Waals surface area contributed by atoms with E-state index in [2.05, 4.69) is 9.72 Å². The minimum absolute atomic E-state index is 0.171. The number of ether oxygens (including phenoxy) is 1. The first-order chi connectivity index (χ1) is 7.74. The molecule has 0 saturated carbocycles.